The first kappa shape index (κ1) is 14.3. The number of carbonyl (C=O) groups is 1. The van der Waals surface area contributed by atoms with Crippen molar-refractivity contribution in [1.82, 2.24) is 0 Å². The standard InChI is InChI=1S/C17H17IO/c1-11-8-12(2)17(13(3)9-11)16(19)10-14-4-6-15(18)7-5-14/h4-9H,10H2,1-3H3. The van der Waals surface area contributed by atoms with Crippen LogP contribution in [0.2, 0.25) is 0 Å². The molecule has 0 atom stereocenters. The van der Waals surface area contributed by atoms with Gasteiger partial charge in [-0.25, -0.2) is 0 Å². The molecule has 0 unspecified atom stereocenters. The van der Waals surface area contributed by atoms with Crippen molar-refractivity contribution in [3.63, 3.8) is 0 Å². The van der Waals surface area contributed by atoms with E-state index in [2.05, 4.69) is 41.6 Å². The first-order valence-electron chi connectivity index (χ1n) is 6.33. The van der Waals surface area contributed by atoms with Crippen LogP contribution in [0.15, 0.2) is 36.4 Å². The van der Waals surface area contributed by atoms with Crippen molar-refractivity contribution in [2.45, 2.75) is 27.2 Å². The lowest BCUT2D eigenvalue weighted by Gasteiger charge is -2.10. The number of carbonyl (C=O) groups excluding carboxylic acids is 1. The van der Waals surface area contributed by atoms with Gasteiger partial charge in [0, 0.05) is 15.6 Å². The largest absolute Gasteiger partial charge is 0.294 e. The van der Waals surface area contributed by atoms with Crippen molar-refractivity contribution in [1.29, 1.82) is 0 Å². The molecule has 2 aromatic carbocycles. The third-order valence-electron chi connectivity index (χ3n) is 3.23. The average molecular weight is 364 g/mol. The number of aryl methyl sites for hydroxylation is 3. The molecule has 0 aromatic heterocycles. The molecule has 0 bridgehead atoms. The van der Waals surface area contributed by atoms with Gasteiger partial charge in [0.25, 0.3) is 0 Å². The van der Waals surface area contributed by atoms with Crippen molar-refractivity contribution in [3.8, 4) is 0 Å². The molecule has 0 radical (unpaired) electrons. The molecule has 19 heavy (non-hydrogen) atoms. The van der Waals surface area contributed by atoms with E-state index < -0.39 is 0 Å². The van der Waals surface area contributed by atoms with Gasteiger partial charge in [-0.15, -0.1) is 0 Å². The monoisotopic (exact) mass is 364 g/mol. The summed E-state index contributed by atoms with van der Waals surface area (Å²) >= 11 is 2.27. The van der Waals surface area contributed by atoms with Gasteiger partial charge in [0.15, 0.2) is 5.78 Å². The summed E-state index contributed by atoms with van der Waals surface area (Å²) in [4.78, 5) is 12.5. The van der Waals surface area contributed by atoms with Crippen molar-refractivity contribution in [2.24, 2.45) is 0 Å². The van der Waals surface area contributed by atoms with Crippen LogP contribution >= 0.6 is 22.6 Å². The van der Waals surface area contributed by atoms with E-state index in [-0.39, 0.29) is 5.78 Å². The minimum Gasteiger partial charge on any atom is -0.294 e. The number of ketones is 1. The van der Waals surface area contributed by atoms with Crippen molar-refractivity contribution in [3.05, 3.63) is 67.8 Å². The molecule has 0 heterocycles. The van der Waals surface area contributed by atoms with E-state index >= 15 is 0 Å². The highest BCUT2D eigenvalue weighted by atomic mass is 127. The van der Waals surface area contributed by atoms with E-state index in [1.807, 2.05) is 38.1 Å². The summed E-state index contributed by atoms with van der Waals surface area (Å²) < 4.78 is 1.19. The number of hydrogen-bond acceptors (Lipinski definition) is 1. The first-order valence-corrected chi connectivity index (χ1v) is 7.41. The van der Waals surface area contributed by atoms with Gasteiger partial charge in [-0.1, -0.05) is 29.8 Å². The summed E-state index contributed by atoms with van der Waals surface area (Å²) in [6.07, 6.45) is 0.474. The Bertz CT molecular complexity index is 589. The van der Waals surface area contributed by atoms with E-state index in [0.717, 1.165) is 22.3 Å². The normalized spacial score (nSPS) is 10.5. The fourth-order valence-electron chi connectivity index (χ4n) is 2.50. The van der Waals surface area contributed by atoms with Crippen LogP contribution in [-0.2, 0) is 6.42 Å². The lowest BCUT2D eigenvalue weighted by atomic mass is 9.93. The van der Waals surface area contributed by atoms with E-state index in [9.17, 15) is 4.79 Å². The molecule has 2 rings (SSSR count). The molecule has 2 heteroatoms. The highest BCUT2D eigenvalue weighted by Gasteiger charge is 2.13. The van der Waals surface area contributed by atoms with Crippen LogP contribution in [0.1, 0.15) is 32.6 Å². The Morgan fingerprint density at radius 2 is 1.53 bits per heavy atom. The van der Waals surface area contributed by atoms with Crippen LogP contribution in [-0.4, -0.2) is 5.78 Å². The zero-order valence-corrected chi connectivity index (χ0v) is 13.6. The van der Waals surface area contributed by atoms with Crippen molar-refractivity contribution in [2.75, 3.05) is 0 Å². The van der Waals surface area contributed by atoms with E-state index in [1.54, 1.807) is 0 Å². The number of rotatable bonds is 3. The molecule has 0 saturated heterocycles. The molecule has 0 N–H and O–H groups in total. The fourth-order valence-corrected chi connectivity index (χ4v) is 2.86. The maximum atomic E-state index is 12.5. The molecule has 0 saturated carbocycles. The molecular formula is C17H17IO. The van der Waals surface area contributed by atoms with E-state index in [4.69, 9.17) is 0 Å². The minimum atomic E-state index is 0.205. The predicted molar refractivity (Wildman–Crippen MR) is 87.8 cm³/mol. The van der Waals surface area contributed by atoms with Crippen molar-refractivity contribution >= 4 is 28.4 Å². The topological polar surface area (TPSA) is 17.1 Å². The number of hydrogen-bond donors (Lipinski definition) is 0. The SMILES string of the molecule is Cc1cc(C)c(C(=O)Cc2ccc(I)cc2)c(C)c1. The Kier molecular flexibility index (Phi) is 4.40. The molecule has 0 fully saturated rings. The second kappa shape index (κ2) is 5.87. The Morgan fingerprint density at radius 3 is 2.05 bits per heavy atom. The second-order valence-electron chi connectivity index (χ2n) is 5.00. The van der Waals surface area contributed by atoms with Gasteiger partial charge in [-0.3, -0.25) is 4.79 Å². The Morgan fingerprint density at radius 1 is 1.00 bits per heavy atom. The van der Waals surface area contributed by atoms with Crippen LogP contribution in [0.5, 0.6) is 0 Å². The van der Waals surface area contributed by atoms with Gasteiger partial charge < -0.3 is 0 Å². The molecule has 0 aliphatic carbocycles. The molecule has 0 aliphatic heterocycles. The highest BCUT2D eigenvalue weighted by Crippen LogP contribution is 2.19. The molecule has 0 spiro atoms. The van der Waals surface area contributed by atoms with Gasteiger partial charge in [0.1, 0.15) is 0 Å². The van der Waals surface area contributed by atoms with Crippen LogP contribution in [0.25, 0.3) is 0 Å². The summed E-state index contributed by atoms with van der Waals surface area (Å²) in [7, 11) is 0. The van der Waals surface area contributed by atoms with Gasteiger partial charge in [0.2, 0.25) is 0 Å². The summed E-state index contributed by atoms with van der Waals surface area (Å²) in [5.74, 6) is 0.205. The molecular weight excluding hydrogens is 347 g/mol. The number of benzene rings is 2. The fraction of sp³-hybridized carbons (Fsp3) is 0.235. The summed E-state index contributed by atoms with van der Waals surface area (Å²) in [5.41, 5.74) is 5.32. The molecule has 1 nitrogen and oxygen atoms in total. The van der Waals surface area contributed by atoms with Crippen LogP contribution < -0.4 is 0 Å². The molecule has 0 amide bonds. The summed E-state index contributed by atoms with van der Waals surface area (Å²) in [6.45, 7) is 6.09. The molecule has 2 aromatic rings. The summed E-state index contributed by atoms with van der Waals surface area (Å²) in [5, 5.41) is 0. The Balaban J connectivity index is 2.28. The zero-order chi connectivity index (χ0) is 14.0. The number of halogens is 1. The van der Waals surface area contributed by atoms with Crippen molar-refractivity contribution < 1.29 is 4.79 Å². The van der Waals surface area contributed by atoms with Gasteiger partial charge in [-0.2, -0.15) is 0 Å². The maximum absolute atomic E-state index is 12.5. The van der Waals surface area contributed by atoms with Crippen LogP contribution in [0, 0.1) is 24.3 Å². The van der Waals surface area contributed by atoms with Gasteiger partial charge in [0.05, 0.1) is 0 Å². The first-order chi connectivity index (χ1) is 8.97. The lowest BCUT2D eigenvalue weighted by molar-refractivity contribution is 0.0992. The van der Waals surface area contributed by atoms with E-state index in [0.29, 0.717) is 6.42 Å². The molecule has 0 aliphatic rings. The van der Waals surface area contributed by atoms with Gasteiger partial charge in [-0.05, 0) is 72.2 Å². The Hall–Kier alpha value is -1.16. The zero-order valence-electron chi connectivity index (χ0n) is 11.5. The third-order valence-corrected chi connectivity index (χ3v) is 3.95. The Labute approximate surface area is 128 Å². The lowest BCUT2D eigenvalue weighted by Crippen LogP contribution is -2.08. The highest BCUT2D eigenvalue weighted by molar-refractivity contribution is 14.1. The molecule has 98 valence electrons. The smallest absolute Gasteiger partial charge is 0.167 e. The minimum absolute atomic E-state index is 0.205. The predicted octanol–water partition coefficient (Wildman–Crippen LogP) is 4.64. The third kappa shape index (κ3) is 3.44. The summed E-state index contributed by atoms with van der Waals surface area (Å²) in [6, 6.07) is 12.3. The van der Waals surface area contributed by atoms with Crippen LogP contribution in [0.3, 0.4) is 0 Å². The van der Waals surface area contributed by atoms with E-state index in [1.165, 1.54) is 9.13 Å². The number of Topliss-reactive ketones (excluding diaryl/α,β-unsaturated/α-hetero) is 1. The quantitative estimate of drug-likeness (QED) is 0.573. The van der Waals surface area contributed by atoms with Crippen LogP contribution in [0.4, 0.5) is 0 Å². The average Bonchev–Trinajstić information content (AvgIpc) is 2.30. The maximum Gasteiger partial charge on any atom is 0.167 e. The van der Waals surface area contributed by atoms with Gasteiger partial charge >= 0.3 is 0 Å². The second-order valence-corrected chi connectivity index (χ2v) is 6.25.